The van der Waals surface area contributed by atoms with E-state index in [1.165, 1.54) is 42.6 Å². The third-order valence-corrected chi connectivity index (χ3v) is 6.00. The van der Waals surface area contributed by atoms with E-state index in [1.807, 2.05) is 0 Å². The highest BCUT2D eigenvalue weighted by Crippen LogP contribution is 2.50. The van der Waals surface area contributed by atoms with E-state index in [9.17, 15) is 4.79 Å². The van der Waals surface area contributed by atoms with Crippen LogP contribution in [0.15, 0.2) is 12.1 Å². The van der Waals surface area contributed by atoms with Crippen LogP contribution in [0.4, 0.5) is 5.69 Å². The van der Waals surface area contributed by atoms with Crippen molar-refractivity contribution in [3.8, 4) is 0 Å². The molecule has 1 aliphatic carbocycles. The van der Waals surface area contributed by atoms with Gasteiger partial charge in [0.25, 0.3) is 5.91 Å². The summed E-state index contributed by atoms with van der Waals surface area (Å²) in [5, 5.41) is 3.29. The first-order chi connectivity index (χ1) is 10.4. The number of likely N-dealkylation sites (N-methyl/N-ethyl adjacent to an activating group) is 1. The lowest BCUT2D eigenvalue weighted by atomic mass is 10.0. The molecule has 0 atom stereocenters. The van der Waals surface area contributed by atoms with Crippen LogP contribution in [0.1, 0.15) is 49.3 Å². The van der Waals surface area contributed by atoms with E-state index in [2.05, 4.69) is 45.1 Å². The number of hydrogen-bond donors (Lipinski definition) is 1. The predicted octanol–water partition coefficient (Wildman–Crippen LogP) is 3.71. The number of amides is 1. The number of carbonyl (C=O) groups excluding carboxylic acids is 1. The smallest absolute Gasteiger partial charge is 0.285 e. The first-order valence-electron chi connectivity index (χ1n) is 8.70. The van der Waals surface area contributed by atoms with E-state index in [-0.39, 0.29) is 11.4 Å². The molecule has 3 rings (SSSR count). The fraction of sp³-hybridized carbons (Fsp3) is 0.632. The summed E-state index contributed by atoms with van der Waals surface area (Å²) in [5.41, 5.74) is 4.48. The summed E-state index contributed by atoms with van der Waals surface area (Å²) in [6, 6.07) is 4.31. The molecule has 0 unspecified atom stereocenters. The van der Waals surface area contributed by atoms with Crippen molar-refractivity contribution in [2.75, 3.05) is 25.0 Å². The number of hydrogen-bond acceptors (Lipinski definition) is 1. The molecule has 0 bridgehead atoms. The molecule has 1 amide bonds. The van der Waals surface area contributed by atoms with Gasteiger partial charge in [0.15, 0.2) is 5.54 Å². The number of benzene rings is 1. The second kappa shape index (κ2) is 5.38. The molecular weight excluding hydrogens is 272 g/mol. The van der Waals surface area contributed by atoms with E-state index < -0.39 is 0 Å². The van der Waals surface area contributed by atoms with Crippen molar-refractivity contribution in [1.82, 2.24) is 0 Å². The number of quaternary nitrogens is 1. The van der Waals surface area contributed by atoms with E-state index in [4.69, 9.17) is 0 Å². The Kier molecular flexibility index (Phi) is 3.80. The third kappa shape index (κ3) is 2.26. The molecule has 0 spiro atoms. The van der Waals surface area contributed by atoms with Gasteiger partial charge in [-0.05, 0) is 38.8 Å². The molecule has 1 aromatic rings. The summed E-state index contributed by atoms with van der Waals surface area (Å²) in [6.45, 7) is 12.0. The largest absolute Gasteiger partial charge is 0.320 e. The van der Waals surface area contributed by atoms with E-state index in [0.29, 0.717) is 0 Å². The minimum absolute atomic E-state index is 0.144. The fourth-order valence-electron chi connectivity index (χ4n) is 4.63. The molecule has 1 saturated carbocycles. The molecule has 3 nitrogen and oxygen atoms in total. The van der Waals surface area contributed by atoms with Crippen LogP contribution in [-0.4, -0.2) is 35.6 Å². The van der Waals surface area contributed by atoms with Gasteiger partial charge in [0.1, 0.15) is 0 Å². The zero-order valence-electron chi connectivity index (χ0n) is 14.5. The molecule has 1 aliphatic heterocycles. The summed E-state index contributed by atoms with van der Waals surface area (Å²) in [5.74, 6) is 0.256. The summed E-state index contributed by atoms with van der Waals surface area (Å²) < 4.78 is 1.02. The highest BCUT2D eigenvalue weighted by atomic mass is 16.2. The number of carbonyl (C=O) groups is 1. The summed E-state index contributed by atoms with van der Waals surface area (Å²) >= 11 is 0. The van der Waals surface area contributed by atoms with Gasteiger partial charge in [-0.25, -0.2) is 0 Å². The summed E-state index contributed by atoms with van der Waals surface area (Å²) in [6.07, 6.45) is 4.64. The van der Waals surface area contributed by atoms with E-state index in [0.717, 1.165) is 29.6 Å². The molecule has 2 aliphatic rings. The van der Waals surface area contributed by atoms with Crippen molar-refractivity contribution in [3.05, 3.63) is 28.8 Å². The van der Waals surface area contributed by atoms with Gasteiger partial charge in [0.2, 0.25) is 0 Å². The van der Waals surface area contributed by atoms with Gasteiger partial charge in [0, 0.05) is 31.4 Å². The van der Waals surface area contributed by atoms with Crippen LogP contribution >= 0.6 is 0 Å². The Labute approximate surface area is 134 Å². The monoisotopic (exact) mass is 301 g/mol. The molecule has 1 N–H and O–H groups in total. The molecule has 0 aromatic heterocycles. The average Bonchev–Trinajstić information content (AvgIpc) is 3.15. The maximum atomic E-state index is 13.1. The minimum atomic E-state index is -0.144. The van der Waals surface area contributed by atoms with Gasteiger partial charge in [0.05, 0.1) is 19.6 Å². The van der Waals surface area contributed by atoms with Gasteiger partial charge in [-0.3, -0.25) is 4.79 Å². The highest BCUT2D eigenvalue weighted by molar-refractivity contribution is 6.00. The quantitative estimate of drug-likeness (QED) is 0.844. The molecule has 22 heavy (non-hydrogen) atoms. The standard InChI is InChI=1S/C19H28N2O/c1-5-21(10-6-7-11-21)19(8-9-19)18(22)20-17-15(3)12-14(2)13-16(17)4/h12-13H,5-11H2,1-4H3/p+1. The Hall–Kier alpha value is -1.35. The van der Waals surface area contributed by atoms with Crippen LogP contribution in [-0.2, 0) is 4.79 Å². The van der Waals surface area contributed by atoms with Crippen LogP contribution in [0.3, 0.4) is 0 Å². The van der Waals surface area contributed by atoms with Gasteiger partial charge in [-0.1, -0.05) is 17.7 Å². The van der Waals surface area contributed by atoms with Crippen molar-refractivity contribution < 1.29 is 9.28 Å². The van der Waals surface area contributed by atoms with Crippen molar-refractivity contribution in [2.24, 2.45) is 0 Å². The highest BCUT2D eigenvalue weighted by Gasteiger charge is 2.65. The number of likely N-dealkylation sites (tertiary alicyclic amines) is 1. The van der Waals surface area contributed by atoms with Gasteiger partial charge in [-0.15, -0.1) is 0 Å². The molecule has 0 radical (unpaired) electrons. The molecule has 1 heterocycles. The van der Waals surface area contributed by atoms with Crippen LogP contribution in [0.2, 0.25) is 0 Å². The van der Waals surface area contributed by atoms with E-state index in [1.54, 1.807) is 0 Å². The number of nitrogens with one attached hydrogen (secondary N) is 1. The average molecular weight is 301 g/mol. The van der Waals surface area contributed by atoms with Crippen molar-refractivity contribution in [3.63, 3.8) is 0 Å². The molecule has 1 aromatic carbocycles. The molecular formula is C19H29N2O+. The van der Waals surface area contributed by atoms with Crippen LogP contribution in [0.25, 0.3) is 0 Å². The topological polar surface area (TPSA) is 29.1 Å². The number of aryl methyl sites for hydroxylation is 3. The predicted molar refractivity (Wildman–Crippen MR) is 91.0 cm³/mol. The Morgan fingerprint density at radius 3 is 2.14 bits per heavy atom. The Balaban J connectivity index is 1.86. The maximum absolute atomic E-state index is 13.1. The number of nitrogens with zero attached hydrogens (tertiary/aromatic N) is 1. The van der Waals surface area contributed by atoms with Gasteiger partial charge in [-0.2, -0.15) is 0 Å². The van der Waals surface area contributed by atoms with Crippen molar-refractivity contribution in [2.45, 2.75) is 58.9 Å². The summed E-state index contributed by atoms with van der Waals surface area (Å²) in [4.78, 5) is 13.1. The SMILES string of the molecule is CC[N+]1(C2(C(=O)Nc3c(C)cc(C)cc3C)CC2)CCCC1. The fourth-order valence-corrected chi connectivity index (χ4v) is 4.63. The molecule has 3 heteroatoms. The van der Waals surface area contributed by atoms with Crippen molar-refractivity contribution >= 4 is 11.6 Å². The van der Waals surface area contributed by atoms with E-state index >= 15 is 0 Å². The lowest BCUT2D eigenvalue weighted by molar-refractivity contribution is -0.940. The van der Waals surface area contributed by atoms with Crippen LogP contribution < -0.4 is 5.32 Å². The normalized spacial score (nSPS) is 21.6. The second-order valence-electron chi connectivity index (χ2n) is 7.38. The zero-order valence-corrected chi connectivity index (χ0v) is 14.5. The minimum Gasteiger partial charge on any atom is -0.320 e. The first kappa shape index (κ1) is 15.5. The lowest BCUT2D eigenvalue weighted by Crippen LogP contribution is -2.60. The van der Waals surface area contributed by atoms with Crippen LogP contribution in [0, 0.1) is 20.8 Å². The number of rotatable bonds is 4. The second-order valence-corrected chi connectivity index (χ2v) is 7.38. The molecule has 1 saturated heterocycles. The Morgan fingerprint density at radius 1 is 1.14 bits per heavy atom. The van der Waals surface area contributed by atoms with Gasteiger partial charge < -0.3 is 9.80 Å². The lowest BCUT2D eigenvalue weighted by Gasteiger charge is -2.40. The molecule has 2 fully saturated rings. The van der Waals surface area contributed by atoms with Crippen LogP contribution in [0.5, 0.6) is 0 Å². The number of anilines is 1. The van der Waals surface area contributed by atoms with Gasteiger partial charge >= 0.3 is 0 Å². The van der Waals surface area contributed by atoms with Crippen molar-refractivity contribution in [1.29, 1.82) is 0 Å². The third-order valence-electron chi connectivity index (χ3n) is 6.00. The Morgan fingerprint density at radius 2 is 1.68 bits per heavy atom. The first-order valence-corrected chi connectivity index (χ1v) is 8.70. The summed E-state index contributed by atoms with van der Waals surface area (Å²) in [7, 11) is 0. The Bertz CT molecular complexity index is 572. The zero-order chi connectivity index (χ0) is 16.0. The maximum Gasteiger partial charge on any atom is 0.285 e. The molecule has 120 valence electrons.